The molecule has 0 saturated carbocycles. The Morgan fingerprint density at radius 1 is 1.15 bits per heavy atom. The fraction of sp³-hybridized carbons (Fsp3) is 0.316. The van der Waals surface area contributed by atoms with Crippen LogP contribution in [0.2, 0.25) is 10.0 Å². The van der Waals surface area contributed by atoms with Crippen molar-refractivity contribution in [1.82, 2.24) is 19.9 Å². The predicted octanol–water partition coefficient (Wildman–Crippen LogP) is 5.88. The average molecular weight is 407 g/mol. The van der Waals surface area contributed by atoms with E-state index in [4.69, 9.17) is 28.2 Å². The van der Waals surface area contributed by atoms with E-state index in [0.29, 0.717) is 15.9 Å². The van der Waals surface area contributed by atoms with Crippen molar-refractivity contribution >= 4 is 34.5 Å². The molecule has 0 amide bonds. The number of nitrogens with zero attached hydrogens (tertiary/aromatic N) is 4. The van der Waals surface area contributed by atoms with Crippen molar-refractivity contribution in [2.24, 2.45) is 0 Å². The monoisotopic (exact) mass is 406 g/mol. The molecule has 0 fully saturated rings. The summed E-state index contributed by atoms with van der Waals surface area (Å²) in [4.78, 5) is 15.7. The minimum Gasteiger partial charge on any atom is -0.291 e. The van der Waals surface area contributed by atoms with Crippen molar-refractivity contribution in [2.75, 3.05) is 6.54 Å². The highest BCUT2D eigenvalue weighted by Crippen LogP contribution is 2.30. The Morgan fingerprint density at radius 2 is 1.92 bits per heavy atom. The SMILES string of the molecule is CCCN(Cc1csc(-c2ncccn2)n1)C(C)c1ccc(Cl)c(Cl)c1. The number of aromatic nitrogens is 3. The maximum Gasteiger partial charge on any atom is 0.188 e. The maximum absolute atomic E-state index is 6.20. The quantitative estimate of drug-likeness (QED) is 0.491. The largest absolute Gasteiger partial charge is 0.291 e. The van der Waals surface area contributed by atoms with Crippen molar-refractivity contribution in [3.05, 3.63) is 63.3 Å². The molecule has 136 valence electrons. The summed E-state index contributed by atoms with van der Waals surface area (Å²) < 4.78 is 0. The topological polar surface area (TPSA) is 41.9 Å². The Balaban J connectivity index is 1.78. The van der Waals surface area contributed by atoms with Crippen molar-refractivity contribution < 1.29 is 0 Å². The molecule has 0 bridgehead atoms. The summed E-state index contributed by atoms with van der Waals surface area (Å²) in [6.45, 7) is 6.09. The van der Waals surface area contributed by atoms with Gasteiger partial charge in [0.25, 0.3) is 0 Å². The van der Waals surface area contributed by atoms with Gasteiger partial charge in [-0.05, 0) is 43.7 Å². The van der Waals surface area contributed by atoms with Crippen LogP contribution in [-0.2, 0) is 6.54 Å². The molecule has 1 unspecified atom stereocenters. The van der Waals surface area contributed by atoms with Crippen molar-refractivity contribution in [1.29, 1.82) is 0 Å². The highest BCUT2D eigenvalue weighted by molar-refractivity contribution is 7.13. The first-order valence-corrected chi connectivity index (χ1v) is 10.1. The van der Waals surface area contributed by atoms with E-state index in [1.165, 1.54) is 0 Å². The van der Waals surface area contributed by atoms with Crippen molar-refractivity contribution in [2.45, 2.75) is 32.9 Å². The first-order valence-electron chi connectivity index (χ1n) is 8.49. The Labute approximate surface area is 167 Å². The number of hydrogen-bond acceptors (Lipinski definition) is 5. The highest BCUT2D eigenvalue weighted by atomic mass is 35.5. The molecule has 3 rings (SSSR count). The van der Waals surface area contributed by atoms with Crippen LogP contribution in [0.15, 0.2) is 42.0 Å². The molecule has 26 heavy (non-hydrogen) atoms. The summed E-state index contributed by atoms with van der Waals surface area (Å²) in [6, 6.07) is 7.85. The van der Waals surface area contributed by atoms with Gasteiger partial charge in [-0.15, -0.1) is 11.3 Å². The lowest BCUT2D eigenvalue weighted by molar-refractivity contribution is 0.200. The Morgan fingerprint density at radius 3 is 2.62 bits per heavy atom. The lowest BCUT2D eigenvalue weighted by Crippen LogP contribution is -2.27. The molecule has 0 aliphatic rings. The van der Waals surface area contributed by atoms with E-state index >= 15 is 0 Å². The van der Waals surface area contributed by atoms with Gasteiger partial charge >= 0.3 is 0 Å². The zero-order valence-electron chi connectivity index (χ0n) is 14.7. The molecule has 4 nitrogen and oxygen atoms in total. The Kier molecular flexibility index (Phi) is 6.59. The molecule has 0 aliphatic heterocycles. The van der Waals surface area contributed by atoms with Crippen LogP contribution in [0, 0.1) is 0 Å². The summed E-state index contributed by atoms with van der Waals surface area (Å²) in [6.07, 6.45) is 4.53. The van der Waals surface area contributed by atoms with E-state index in [1.54, 1.807) is 29.8 Å². The lowest BCUT2D eigenvalue weighted by atomic mass is 10.1. The summed E-state index contributed by atoms with van der Waals surface area (Å²) in [5, 5.41) is 4.09. The molecule has 2 aromatic heterocycles. The number of benzene rings is 1. The number of rotatable bonds is 7. The molecule has 2 heterocycles. The van der Waals surface area contributed by atoms with E-state index in [-0.39, 0.29) is 6.04 Å². The number of hydrogen-bond donors (Lipinski definition) is 0. The molecule has 0 aliphatic carbocycles. The molecule has 1 atom stereocenters. The van der Waals surface area contributed by atoms with Crippen LogP contribution in [0.3, 0.4) is 0 Å². The number of thiazole rings is 1. The first-order chi connectivity index (χ1) is 12.6. The van der Waals surface area contributed by atoms with Crippen molar-refractivity contribution in [3.63, 3.8) is 0 Å². The van der Waals surface area contributed by atoms with Crippen LogP contribution >= 0.6 is 34.5 Å². The van der Waals surface area contributed by atoms with E-state index in [9.17, 15) is 0 Å². The minimum atomic E-state index is 0.211. The van der Waals surface area contributed by atoms with Crippen LogP contribution in [0.5, 0.6) is 0 Å². The van der Waals surface area contributed by atoms with Crippen LogP contribution in [0.25, 0.3) is 10.8 Å². The lowest BCUT2D eigenvalue weighted by Gasteiger charge is -2.28. The third-order valence-corrected chi connectivity index (χ3v) is 5.78. The van der Waals surface area contributed by atoms with Crippen LogP contribution in [0.1, 0.15) is 37.6 Å². The highest BCUT2D eigenvalue weighted by Gasteiger charge is 2.18. The molecule has 7 heteroatoms. The molecule has 0 radical (unpaired) electrons. The molecule has 0 spiro atoms. The van der Waals surface area contributed by atoms with E-state index in [1.807, 2.05) is 18.2 Å². The van der Waals surface area contributed by atoms with Gasteiger partial charge in [-0.2, -0.15) is 0 Å². The predicted molar refractivity (Wildman–Crippen MR) is 109 cm³/mol. The third-order valence-electron chi connectivity index (χ3n) is 4.16. The smallest absolute Gasteiger partial charge is 0.188 e. The normalized spacial score (nSPS) is 12.5. The van der Waals surface area contributed by atoms with E-state index < -0.39 is 0 Å². The van der Waals surface area contributed by atoms with Crippen molar-refractivity contribution in [3.8, 4) is 10.8 Å². The van der Waals surface area contributed by atoms with Gasteiger partial charge < -0.3 is 0 Å². The Hall–Kier alpha value is -1.53. The summed E-state index contributed by atoms with van der Waals surface area (Å²) >= 11 is 13.8. The van der Waals surface area contributed by atoms with Gasteiger partial charge in [0, 0.05) is 30.4 Å². The second-order valence-corrected chi connectivity index (χ2v) is 7.71. The van der Waals surface area contributed by atoms with Gasteiger partial charge in [-0.3, -0.25) is 4.90 Å². The van der Waals surface area contributed by atoms with Gasteiger partial charge in [0.15, 0.2) is 10.8 Å². The zero-order chi connectivity index (χ0) is 18.5. The standard InChI is InChI=1S/C19H20Cl2N4S/c1-3-9-25(13(2)14-5-6-16(20)17(21)10-14)11-15-12-26-19(24-15)18-22-7-4-8-23-18/h4-8,10,12-13H,3,9,11H2,1-2H3. The van der Waals surface area contributed by atoms with E-state index in [0.717, 1.165) is 35.8 Å². The Bertz CT molecular complexity index is 854. The second-order valence-electron chi connectivity index (χ2n) is 6.04. The van der Waals surface area contributed by atoms with Gasteiger partial charge in [-0.25, -0.2) is 15.0 Å². The zero-order valence-corrected chi connectivity index (χ0v) is 17.0. The fourth-order valence-corrected chi connectivity index (χ4v) is 3.84. The van der Waals surface area contributed by atoms with Gasteiger partial charge in [0.1, 0.15) is 0 Å². The molecular weight excluding hydrogens is 387 g/mol. The minimum absolute atomic E-state index is 0.211. The molecular formula is C19H20Cl2N4S. The average Bonchev–Trinajstić information content (AvgIpc) is 3.12. The summed E-state index contributed by atoms with van der Waals surface area (Å²) in [7, 11) is 0. The maximum atomic E-state index is 6.20. The fourth-order valence-electron chi connectivity index (χ4n) is 2.78. The molecule has 1 aromatic carbocycles. The van der Waals surface area contributed by atoms with E-state index in [2.05, 4.69) is 34.1 Å². The number of halogens is 2. The first kappa shape index (κ1) is 19.2. The summed E-state index contributed by atoms with van der Waals surface area (Å²) in [5.74, 6) is 0.670. The van der Waals surface area contributed by atoms with Gasteiger partial charge in [0.05, 0.1) is 15.7 Å². The van der Waals surface area contributed by atoms with Gasteiger partial charge in [-0.1, -0.05) is 36.2 Å². The van der Waals surface area contributed by atoms with Crippen LogP contribution < -0.4 is 0 Å². The van der Waals surface area contributed by atoms with Crippen LogP contribution in [-0.4, -0.2) is 26.4 Å². The molecule has 0 saturated heterocycles. The molecule has 3 aromatic rings. The summed E-state index contributed by atoms with van der Waals surface area (Å²) in [5.41, 5.74) is 2.17. The third kappa shape index (κ3) is 4.60. The molecule has 0 N–H and O–H groups in total. The van der Waals surface area contributed by atoms with Gasteiger partial charge in [0.2, 0.25) is 0 Å². The second kappa shape index (κ2) is 8.91. The van der Waals surface area contributed by atoms with Crippen LogP contribution in [0.4, 0.5) is 0 Å².